The van der Waals surface area contributed by atoms with Crippen molar-refractivity contribution in [2.24, 2.45) is 0 Å². The average molecular weight is 437 g/mol. The molecule has 3 heterocycles. The van der Waals surface area contributed by atoms with Gasteiger partial charge in [-0.05, 0) is 36.2 Å². The third kappa shape index (κ3) is 4.86. The largest absolute Gasteiger partial charge is 0.378 e. The average Bonchev–Trinajstić information content (AvgIpc) is 2.80. The number of carbonyl (C=O) groups is 1. The van der Waals surface area contributed by atoms with Gasteiger partial charge in [0.05, 0.1) is 42.0 Å². The van der Waals surface area contributed by atoms with Crippen LogP contribution in [0, 0.1) is 0 Å². The lowest BCUT2D eigenvalue weighted by molar-refractivity contribution is 0.102. The molecule has 0 aliphatic carbocycles. The van der Waals surface area contributed by atoms with Gasteiger partial charge in [-0.25, -0.2) is 0 Å². The van der Waals surface area contributed by atoms with Crippen LogP contribution >= 0.6 is 11.6 Å². The minimum absolute atomic E-state index is 0.223. The number of amides is 1. The topological polar surface area (TPSA) is 67.4 Å². The maximum absolute atomic E-state index is 13.5. The van der Waals surface area contributed by atoms with Crippen LogP contribution in [0.5, 0.6) is 0 Å². The van der Waals surface area contributed by atoms with Gasteiger partial charge in [-0.2, -0.15) is 0 Å². The number of rotatable bonds is 5. The van der Waals surface area contributed by atoms with Gasteiger partial charge >= 0.3 is 0 Å². The number of hydrogen-bond donors (Lipinski definition) is 1. The van der Waals surface area contributed by atoms with Crippen molar-refractivity contribution in [3.05, 3.63) is 71.1 Å². The maximum Gasteiger partial charge on any atom is 0.260 e. The second kappa shape index (κ2) is 9.45. The van der Waals surface area contributed by atoms with Gasteiger partial charge in [-0.1, -0.05) is 37.6 Å². The highest BCUT2D eigenvalue weighted by Gasteiger charge is 2.24. The van der Waals surface area contributed by atoms with Crippen molar-refractivity contribution in [1.29, 1.82) is 0 Å². The highest BCUT2D eigenvalue weighted by molar-refractivity contribution is 6.30. The van der Waals surface area contributed by atoms with Gasteiger partial charge in [-0.3, -0.25) is 14.8 Å². The van der Waals surface area contributed by atoms with Gasteiger partial charge in [0.2, 0.25) is 0 Å². The lowest BCUT2D eigenvalue weighted by atomic mass is 10.0. The first kappa shape index (κ1) is 21.3. The third-order valence-corrected chi connectivity index (χ3v) is 5.51. The number of pyridine rings is 2. The second-order valence-corrected chi connectivity index (χ2v) is 8.18. The summed E-state index contributed by atoms with van der Waals surface area (Å²) < 4.78 is 5.49. The van der Waals surface area contributed by atoms with Crippen LogP contribution in [0.15, 0.2) is 54.9 Å². The van der Waals surface area contributed by atoms with E-state index < -0.39 is 0 Å². The summed E-state index contributed by atoms with van der Waals surface area (Å²) in [6.45, 7) is 6.86. The summed E-state index contributed by atoms with van der Waals surface area (Å²) in [6.07, 6.45) is 3.43. The van der Waals surface area contributed by atoms with Crippen LogP contribution in [0.1, 0.15) is 35.8 Å². The number of anilines is 2. The summed E-state index contributed by atoms with van der Waals surface area (Å²) in [6, 6.07) is 13.1. The molecule has 3 aromatic rings. The van der Waals surface area contributed by atoms with E-state index >= 15 is 0 Å². The number of morpholine rings is 1. The Hall–Kier alpha value is -2.96. The Morgan fingerprint density at radius 1 is 1.06 bits per heavy atom. The SMILES string of the molecule is CC(C)c1ccc(NC(=O)c2c(N3CCOCC3)ccnc2-c2ccc(Cl)cc2)cn1. The zero-order valence-corrected chi connectivity index (χ0v) is 18.4. The van der Waals surface area contributed by atoms with Crippen molar-refractivity contribution in [3.8, 4) is 11.3 Å². The molecule has 0 radical (unpaired) electrons. The number of nitrogens with one attached hydrogen (secondary N) is 1. The molecule has 2 aromatic heterocycles. The molecule has 160 valence electrons. The standard InChI is InChI=1S/C24H25ClN4O2/c1-16(2)20-8-7-19(15-27-20)28-24(30)22-21(29-11-13-31-14-12-29)9-10-26-23(22)17-3-5-18(25)6-4-17/h3-10,15-16H,11-14H2,1-2H3,(H,28,30). The monoisotopic (exact) mass is 436 g/mol. The van der Waals surface area contributed by atoms with E-state index in [0.717, 1.165) is 30.0 Å². The predicted molar refractivity (Wildman–Crippen MR) is 124 cm³/mol. The number of halogens is 1. The van der Waals surface area contributed by atoms with E-state index in [1.807, 2.05) is 30.3 Å². The zero-order valence-electron chi connectivity index (χ0n) is 17.6. The smallest absolute Gasteiger partial charge is 0.260 e. The molecule has 1 N–H and O–H groups in total. The molecular weight excluding hydrogens is 412 g/mol. The Morgan fingerprint density at radius 3 is 2.45 bits per heavy atom. The van der Waals surface area contributed by atoms with Crippen LogP contribution < -0.4 is 10.2 Å². The van der Waals surface area contributed by atoms with Gasteiger partial charge in [0.25, 0.3) is 5.91 Å². The summed E-state index contributed by atoms with van der Waals surface area (Å²) >= 11 is 6.07. The minimum Gasteiger partial charge on any atom is -0.378 e. The fraction of sp³-hybridized carbons (Fsp3) is 0.292. The molecule has 1 amide bonds. The van der Waals surface area contributed by atoms with Gasteiger partial charge in [-0.15, -0.1) is 0 Å². The van der Waals surface area contributed by atoms with Gasteiger partial charge in [0.1, 0.15) is 0 Å². The number of ether oxygens (including phenoxy) is 1. The molecule has 0 spiro atoms. The molecule has 1 fully saturated rings. The first-order chi connectivity index (χ1) is 15.0. The van der Waals surface area contributed by atoms with Crippen LogP contribution in [0.25, 0.3) is 11.3 Å². The first-order valence-corrected chi connectivity index (χ1v) is 10.8. The minimum atomic E-state index is -0.223. The normalized spacial score (nSPS) is 14.0. The summed E-state index contributed by atoms with van der Waals surface area (Å²) in [7, 11) is 0. The lowest BCUT2D eigenvalue weighted by Gasteiger charge is -2.30. The van der Waals surface area contributed by atoms with E-state index in [1.54, 1.807) is 24.5 Å². The molecule has 1 aliphatic heterocycles. The summed E-state index contributed by atoms with van der Waals surface area (Å²) in [5, 5.41) is 3.63. The number of nitrogens with zero attached hydrogens (tertiary/aromatic N) is 3. The van der Waals surface area contributed by atoms with Crippen molar-refractivity contribution in [2.75, 3.05) is 36.5 Å². The van der Waals surface area contributed by atoms with Crippen LogP contribution in [-0.2, 0) is 4.74 Å². The zero-order chi connectivity index (χ0) is 21.8. The quantitative estimate of drug-likeness (QED) is 0.609. The molecule has 6 nitrogen and oxygen atoms in total. The Balaban J connectivity index is 1.73. The molecule has 1 aromatic carbocycles. The fourth-order valence-corrected chi connectivity index (χ4v) is 3.71. The molecule has 1 aliphatic rings. The Kier molecular flexibility index (Phi) is 6.49. The highest BCUT2D eigenvalue weighted by Crippen LogP contribution is 2.31. The van der Waals surface area contributed by atoms with Gasteiger partial charge in [0.15, 0.2) is 0 Å². The van der Waals surface area contributed by atoms with Gasteiger partial charge < -0.3 is 15.0 Å². The van der Waals surface area contributed by atoms with Crippen LogP contribution in [-0.4, -0.2) is 42.2 Å². The van der Waals surface area contributed by atoms with E-state index in [2.05, 4.69) is 34.0 Å². The molecule has 0 saturated carbocycles. The molecule has 0 unspecified atom stereocenters. The molecule has 7 heteroatoms. The highest BCUT2D eigenvalue weighted by atomic mass is 35.5. The number of carbonyl (C=O) groups excluding carboxylic acids is 1. The Labute approximate surface area is 187 Å². The Bertz CT molecular complexity index is 1050. The second-order valence-electron chi connectivity index (χ2n) is 7.74. The van der Waals surface area contributed by atoms with E-state index in [1.165, 1.54) is 0 Å². The van der Waals surface area contributed by atoms with Crippen molar-refractivity contribution in [2.45, 2.75) is 19.8 Å². The molecular formula is C24H25ClN4O2. The van der Waals surface area contributed by atoms with Crippen LogP contribution in [0.3, 0.4) is 0 Å². The fourth-order valence-electron chi connectivity index (χ4n) is 3.58. The Morgan fingerprint density at radius 2 is 1.81 bits per heavy atom. The number of benzene rings is 1. The summed E-state index contributed by atoms with van der Waals surface area (Å²) in [5.41, 5.74) is 4.44. The number of hydrogen-bond acceptors (Lipinski definition) is 5. The summed E-state index contributed by atoms with van der Waals surface area (Å²) in [4.78, 5) is 24.7. The van der Waals surface area contributed by atoms with Gasteiger partial charge in [0, 0.05) is 35.6 Å². The lowest BCUT2D eigenvalue weighted by Crippen LogP contribution is -2.37. The predicted octanol–water partition coefficient (Wildman–Crippen LogP) is 5.01. The third-order valence-electron chi connectivity index (χ3n) is 5.26. The molecule has 0 atom stereocenters. The van der Waals surface area contributed by atoms with Crippen molar-refractivity contribution in [1.82, 2.24) is 9.97 Å². The van der Waals surface area contributed by atoms with Crippen LogP contribution in [0.2, 0.25) is 5.02 Å². The van der Waals surface area contributed by atoms with E-state index in [4.69, 9.17) is 16.3 Å². The number of aromatic nitrogens is 2. The molecule has 4 rings (SSSR count). The molecule has 1 saturated heterocycles. The maximum atomic E-state index is 13.5. The summed E-state index contributed by atoms with van der Waals surface area (Å²) in [5.74, 6) is 0.103. The first-order valence-electron chi connectivity index (χ1n) is 10.4. The molecule has 0 bridgehead atoms. The molecule has 31 heavy (non-hydrogen) atoms. The van der Waals surface area contributed by atoms with E-state index in [-0.39, 0.29) is 5.91 Å². The van der Waals surface area contributed by atoms with E-state index in [0.29, 0.717) is 41.1 Å². The van der Waals surface area contributed by atoms with Crippen molar-refractivity contribution in [3.63, 3.8) is 0 Å². The van der Waals surface area contributed by atoms with E-state index in [9.17, 15) is 4.79 Å². The van der Waals surface area contributed by atoms with Crippen molar-refractivity contribution >= 4 is 28.9 Å². The van der Waals surface area contributed by atoms with Crippen molar-refractivity contribution < 1.29 is 9.53 Å². The van der Waals surface area contributed by atoms with Crippen LogP contribution in [0.4, 0.5) is 11.4 Å².